The number of rotatable bonds is 9. The van der Waals surface area contributed by atoms with Crippen molar-refractivity contribution in [1.29, 1.82) is 0 Å². The Morgan fingerprint density at radius 2 is 1.68 bits per heavy atom. The van der Waals surface area contributed by atoms with Gasteiger partial charge in [-0.2, -0.15) is 0 Å². The molecule has 0 atom stereocenters. The number of carbonyl (C=O) groups excluding carboxylic acids is 2. The van der Waals surface area contributed by atoms with Crippen molar-refractivity contribution in [3.8, 4) is 11.4 Å². The first kappa shape index (κ1) is 21.0. The lowest BCUT2D eigenvalue weighted by Crippen LogP contribution is -2.19. The number of esters is 2. The van der Waals surface area contributed by atoms with Gasteiger partial charge in [0.25, 0.3) is 0 Å². The first-order valence-corrected chi connectivity index (χ1v) is 9.18. The van der Waals surface area contributed by atoms with Crippen molar-refractivity contribution in [1.82, 2.24) is 15.0 Å². The van der Waals surface area contributed by atoms with Crippen LogP contribution < -0.4 is 5.32 Å². The van der Waals surface area contributed by atoms with E-state index in [1.807, 2.05) is 12.1 Å². The largest absolute Gasteiger partial charge is 0.462 e. The molecule has 0 amide bonds. The summed E-state index contributed by atoms with van der Waals surface area (Å²) in [5.41, 5.74) is 1.43. The van der Waals surface area contributed by atoms with E-state index in [1.54, 1.807) is 32.3 Å². The summed E-state index contributed by atoms with van der Waals surface area (Å²) in [6.07, 6.45) is 6.26. The van der Waals surface area contributed by atoms with Gasteiger partial charge in [0.2, 0.25) is 0 Å². The SMILES string of the molecule is CCCc1cc(NC=C(C(=O)OCC)C(=O)OCC)nc(-c2ccncc2)n1. The second kappa shape index (κ2) is 10.8. The normalized spacial score (nSPS) is 10.1. The molecular formula is C20H24N4O4. The van der Waals surface area contributed by atoms with Crippen molar-refractivity contribution >= 4 is 17.8 Å². The topological polar surface area (TPSA) is 103 Å². The molecule has 0 radical (unpaired) electrons. The van der Waals surface area contributed by atoms with Crippen molar-refractivity contribution in [3.63, 3.8) is 0 Å². The third-order valence-electron chi connectivity index (χ3n) is 3.58. The summed E-state index contributed by atoms with van der Waals surface area (Å²) in [5, 5.41) is 2.90. The van der Waals surface area contributed by atoms with Crippen molar-refractivity contribution in [3.05, 3.63) is 48.1 Å². The van der Waals surface area contributed by atoms with Gasteiger partial charge in [0.1, 0.15) is 5.82 Å². The van der Waals surface area contributed by atoms with Crippen molar-refractivity contribution < 1.29 is 19.1 Å². The van der Waals surface area contributed by atoms with E-state index in [0.29, 0.717) is 11.6 Å². The van der Waals surface area contributed by atoms with E-state index in [9.17, 15) is 9.59 Å². The van der Waals surface area contributed by atoms with Crippen LogP contribution in [0.4, 0.5) is 5.82 Å². The minimum absolute atomic E-state index is 0.149. The second-order valence-electron chi connectivity index (χ2n) is 5.70. The van der Waals surface area contributed by atoms with Gasteiger partial charge in [-0.3, -0.25) is 4.98 Å². The summed E-state index contributed by atoms with van der Waals surface area (Å²) in [4.78, 5) is 37.2. The monoisotopic (exact) mass is 384 g/mol. The van der Waals surface area contributed by atoms with Crippen LogP contribution in [0.25, 0.3) is 11.4 Å². The highest BCUT2D eigenvalue weighted by Gasteiger charge is 2.21. The maximum atomic E-state index is 12.1. The fraction of sp³-hybridized carbons (Fsp3) is 0.350. The maximum absolute atomic E-state index is 12.1. The molecule has 0 bridgehead atoms. The summed E-state index contributed by atoms with van der Waals surface area (Å²) < 4.78 is 9.86. The quantitative estimate of drug-likeness (QED) is 0.305. The minimum atomic E-state index is -0.759. The second-order valence-corrected chi connectivity index (χ2v) is 5.70. The number of aromatic nitrogens is 3. The maximum Gasteiger partial charge on any atom is 0.347 e. The van der Waals surface area contributed by atoms with Crippen LogP contribution in [-0.2, 0) is 25.5 Å². The fourth-order valence-corrected chi connectivity index (χ4v) is 2.35. The highest BCUT2D eigenvalue weighted by molar-refractivity contribution is 6.14. The van der Waals surface area contributed by atoms with Crippen LogP contribution >= 0.6 is 0 Å². The molecule has 2 aromatic heterocycles. The molecule has 2 aromatic rings. The summed E-state index contributed by atoms with van der Waals surface area (Å²) >= 11 is 0. The fourth-order valence-electron chi connectivity index (χ4n) is 2.35. The lowest BCUT2D eigenvalue weighted by molar-refractivity contribution is -0.146. The first-order valence-electron chi connectivity index (χ1n) is 9.18. The van der Waals surface area contributed by atoms with Gasteiger partial charge < -0.3 is 14.8 Å². The molecular weight excluding hydrogens is 360 g/mol. The highest BCUT2D eigenvalue weighted by atomic mass is 16.6. The average molecular weight is 384 g/mol. The van der Waals surface area contributed by atoms with E-state index in [2.05, 4.69) is 27.2 Å². The van der Waals surface area contributed by atoms with E-state index >= 15 is 0 Å². The molecule has 0 aromatic carbocycles. The predicted molar refractivity (Wildman–Crippen MR) is 104 cm³/mol. The summed E-state index contributed by atoms with van der Waals surface area (Å²) in [6, 6.07) is 5.40. The Bertz CT molecular complexity index is 817. The van der Waals surface area contributed by atoms with E-state index < -0.39 is 11.9 Å². The van der Waals surface area contributed by atoms with Gasteiger partial charge in [0.15, 0.2) is 11.4 Å². The number of hydrogen-bond acceptors (Lipinski definition) is 8. The molecule has 0 unspecified atom stereocenters. The zero-order chi connectivity index (χ0) is 20.4. The van der Waals surface area contributed by atoms with E-state index in [4.69, 9.17) is 9.47 Å². The molecule has 0 saturated heterocycles. The molecule has 0 aliphatic heterocycles. The van der Waals surface area contributed by atoms with Gasteiger partial charge in [-0.15, -0.1) is 0 Å². The molecule has 0 aliphatic carbocycles. The van der Waals surface area contributed by atoms with Gasteiger partial charge in [-0.1, -0.05) is 13.3 Å². The van der Waals surface area contributed by atoms with Crippen molar-refractivity contribution in [2.75, 3.05) is 18.5 Å². The third kappa shape index (κ3) is 5.87. The van der Waals surface area contributed by atoms with Crippen LogP contribution in [-0.4, -0.2) is 40.1 Å². The summed E-state index contributed by atoms with van der Waals surface area (Å²) in [5.74, 6) is -0.536. The van der Waals surface area contributed by atoms with Gasteiger partial charge in [0.05, 0.1) is 13.2 Å². The molecule has 8 heteroatoms. The number of anilines is 1. The third-order valence-corrected chi connectivity index (χ3v) is 3.58. The van der Waals surface area contributed by atoms with Crippen LogP contribution in [0, 0.1) is 0 Å². The highest BCUT2D eigenvalue weighted by Crippen LogP contribution is 2.18. The zero-order valence-electron chi connectivity index (χ0n) is 16.3. The van der Waals surface area contributed by atoms with Crippen LogP contribution in [0.1, 0.15) is 32.9 Å². The van der Waals surface area contributed by atoms with Crippen LogP contribution in [0.2, 0.25) is 0 Å². The Morgan fingerprint density at radius 1 is 1.04 bits per heavy atom. The van der Waals surface area contributed by atoms with Gasteiger partial charge >= 0.3 is 11.9 Å². The lowest BCUT2D eigenvalue weighted by Gasteiger charge is -2.10. The Balaban J connectivity index is 2.36. The molecule has 1 N–H and O–H groups in total. The average Bonchev–Trinajstić information content (AvgIpc) is 2.69. The Kier molecular flexibility index (Phi) is 8.08. The van der Waals surface area contributed by atoms with Crippen molar-refractivity contribution in [2.24, 2.45) is 0 Å². The van der Waals surface area contributed by atoms with E-state index in [1.165, 1.54) is 6.20 Å². The van der Waals surface area contributed by atoms with Crippen molar-refractivity contribution in [2.45, 2.75) is 33.6 Å². The number of ether oxygens (including phenoxy) is 2. The molecule has 8 nitrogen and oxygen atoms in total. The molecule has 0 saturated carbocycles. The minimum Gasteiger partial charge on any atom is -0.462 e. The summed E-state index contributed by atoms with van der Waals surface area (Å²) in [7, 11) is 0. The molecule has 0 fully saturated rings. The zero-order valence-corrected chi connectivity index (χ0v) is 16.3. The van der Waals surface area contributed by atoms with E-state index in [0.717, 1.165) is 24.1 Å². The molecule has 28 heavy (non-hydrogen) atoms. The molecule has 148 valence electrons. The molecule has 0 spiro atoms. The van der Waals surface area contributed by atoms with Gasteiger partial charge in [-0.05, 0) is 32.4 Å². The number of nitrogens with zero attached hydrogens (tertiary/aromatic N) is 3. The summed E-state index contributed by atoms with van der Waals surface area (Å²) in [6.45, 7) is 5.68. The molecule has 2 rings (SSSR count). The molecule has 2 heterocycles. The molecule has 0 aliphatic rings. The number of carbonyl (C=O) groups is 2. The number of aryl methyl sites for hydroxylation is 1. The van der Waals surface area contributed by atoms with Gasteiger partial charge in [-0.25, -0.2) is 19.6 Å². The Labute approximate surface area is 164 Å². The van der Waals surface area contributed by atoms with Crippen LogP contribution in [0.15, 0.2) is 42.4 Å². The first-order chi connectivity index (χ1) is 13.6. The van der Waals surface area contributed by atoms with Gasteiger partial charge in [0, 0.05) is 35.9 Å². The number of nitrogens with one attached hydrogen (secondary N) is 1. The number of hydrogen-bond donors (Lipinski definition) is 1. The predicted octanol–water partition coefficient (Wildman–Crippen LogP) is 2.91. The Hall–Kier alpha value is -3.29. The Morgan fingerprint density at radius 3 is 2.25 bits per heavy atom. The number of pyridine rings is 1. The smallest absolute Gasteiger partial charge is 0.347 e. The lowest BCUT2D eigenvalue weighted by atomic mass is 10.2. The van der Waals surface area contributed by atoms with E-state index in [-0.39, 0.29) is 18.8 Å². The standard InChI is InChI=1S/C20H24N4O4/c1-4-7-15-12-17(24-18(23-15)14-8-10-21-11-9-14)22-13-16(19(25)27-5-2)20(26)28-6-3/h8-13H,4-7H2,1-3H3,(H,22,23,24). The van der Waals surface area contributed by atoms with Crippen LogP contribution in [0.3, 0.4) is 0 Å². The van der Waals surface area contributed by atoms with Crippen LogP contribution in [0.5, 0.6) is 0 Å².